The second-order valence-electron chi connectivity index (χ2n) is 6.37. The molecule has 0 aromatic heterocycles. The minimum atomic E-state index is -0.517. The van der Waals surface area contributed by atoms with Gasteiger partial charge in [-0.1, -0.05) is 6.58 Å². The molecule has 0 saturated carbocycles. The van der Waals surface area contributed by atoms with Gasteiger partial charge in [-0.2, -0.15) is 0 Å². The van der Waals surface area contributed by atoms with Crippen molar-refractivity contribution >= 4 is 35.5 Å². The number of rotatable bonds is 10. The quantitative estimate of drug-likeness (QED) is 0.294. The molecule has 2 aliphatic rings. The molecule has 0 aromatic rings. The van der Waals surface area contributed by atoms with E-state index < -0.39 is 22.4 Å². The van der Waals surface area contributed by atoms with Gasteiger partial charge in [-0.25, -0.2) is 9.59 Å². The molecule has 9 heteroatoms. The van der Waals surface area contributed by atoms with Gasteiger partial charge in [0.15, 0.2) is 6.29 Å². The Bertz CT molecular complexity index is 595. The largest absolute Gasteiger partial charge is 0.466 e. The maximum absolute atomic E-state index is 12.0. The summed E-state index contributed by atoms with van der Waals surface area (Å²) in [6, 6.07) is 0. The van der Waals surface area contributed by atoms with Gasteiger partial charge >= 0.3 is 11.9 Å². The van der Waals surface area contributed by atoms with E-state index in [9.17, 15) is 9.59 Å². The number of thioether (sulfide) groups is 2. The third-order valence-electron chi connectivity index (χ3n) is 4.52. The Morgan fingerprint density at radius 3 is 2.50 bits per heavy atom. The maximum atomic E-state index is 12.0. The Labute approximate surface area is 174 Å². The molecular formula is C19H28O7S2. The molecule has 1 unspecified atom stereocenters. The summed E-state index contributed by atoms with van der Waals surface area (Å²) < 4.78 is 26.4. The first-order chi connectivity index (χ1) is 13.5. The molecule has 0 spiro atoms. The second-order valence-corrected chi connectivity index (χ2v) is 9.48. The fourth-order valence-electron chi connectivity index (χ4n) is 2.96. The molecule has 2 fully saturated rings. The molecule has 1 atom stereocenters. The molecule has 2 aliphatic heterocycles. The minimum Gasteiger partial charge on any atom is -0.466 e. The van der Waals surface area contributed by atoms with Crippen LogP contribution in [0.2, 0.25) is 0 Å². The van der Waals surface area contributed by atoms with Crippen molar-refractivity contribution in [1.82, 2.24) is 0 Å². The molecule has 0 aromatic carbocycles. The molecule has 2 heterocycles. The Balaban J connectivity index is 2.30. The number of hydrogen-bond acceptors (Lipinski definition) is 9. The molecule has 0 aliphatic carbocycles. The van der Waals surface area contributed by atoms with Crippen molar-refractivity contribution in [3.8, 4) is 0 Å². The van der Waals surface area contributed by atoms with E-state index in [1.54, 1.807) is 37.7 Å². The first-order valence-corrected chi connectivity index (χ1v) is 11.0. The van der Waals surface area contributed by atoms with Crippen LogP contribution in [-0.2, 0) is 33.3 Å². The van der Waals surface area contributed by atoms with Crippen LogP contribution in [0.1, 0.15) is 19.3 Å². The van der Waals surface area contributed by atoms with Crippen LogP contribution in [0.15, 0.2) is 23.8 Å². The normalized spacial score (nSPS) is 21.6. The average Bonchev–Trinajstić information content (AvgIpc) is 3.13. The Morgan fingerprint density at radius 1 is 1.29 bits per heavy atom. The lowest BCUT2D eigenvalue weighted by Crippen LogP contribution is -2.43. The summed E-state index contributed by atoms with van der Waals surface area (Å²) in [5.41, 5.74) is 0.808. The van der Waals surface area contributed by atoms with E-state index in [4.69, 9.17) is 23.7 Å². The summed E-state index contributed by atoms with van der Waals surface area (Å²) >= 11 is 3.53. The van der Waals surface area contributed by atoms with Gasteiger partial charge in [0.1, 0.15) is 6.10 Å². The molecule has 158 valence electrons. The number of methoxy groups -OCH3 is 3. The van der Waals surface area contributed by atoms with E-state index in [0.717, 1.165) is 17.9 Å². The highest BCUT2D eigenvalue weighted by atomic mass is 32.2. The Morgan fingerprint density at radius 2 is 1.96 bits per heavy atom. The zero-order valence-electron chi connectivity index (χ0n) is 16.6. The van der Waals surface area contributed by atoms with Crippen LogP contribution in [-0.4, -0.2) is 74.5 Å². The van der Waals surface area contributed by atoms with Gasteiger partial charge in [0.25, 0.3) is 0 Å². The molecule has 0 radical (unpaired) electrons. The van der Waals surface area contributed by atoms with Gasteiger partial charge in [-0.05, 0) is 24.0 Å². The first-order valence-electron chi connectivity index (χ1n) is 9.04. The van der Waals surface area contributed by atoms with Crippen LogP contribution in [0, 0.1) is 0 Å². The Kier molecular flexibility index (Phi) is 9.36. The lowest BCUT2D eigenvalue weighted by molar-refractivity contribution is -0.137. The highest BCUT2D eigenvalue weighted by molar-refractivity contribution is 8.18. The van der Waals surface area contributed by atoms with Crippen LogP contribution in [0.5, 0.6) is 0 Å². The predicted octanol–water partition coefficient (Wildman–Crippen LogP) is 2.55. The van der Waals surface area contributed by atoms with Crippen molar-refractivity contribution < 1.29 is 33.3 Å². The lowest BCUT2D eigenvalue weighted by Gasteiger charge is -2.42. The Hall–Kier alpha value is -1.00. The smallest absolute Gasteiger partial charge is 0.335 e. The second kappa shape index (κ2) is 11.3. The van der Waals surface area contributed by atoms with E-state index in [1.807, 2.05) is 6.08 Å². The molecular weight excluding hydrogens is 404 g/mol. The summed E-state index contributed by atoms with van der Waals surface area (Å²) in [6.45, 7) is 4.11. The maximum Gasteiger partial charge on any atom is 0.335 e. The van der Waals surface area contributed by atoms with Gasteiger partial charge < -0.3 is 23.7 Å². The van der Waals surface area contributed by atoms with Gasteiger partial charge in [0.2, 0.25) is 0 Å². The van der Waals surface area contributed by atoms with E-state index in [1.165, 1.54) is 7.11 Å². The van der Waals surface area contributed by atoms with Crippen molar-refractivity contribution in [2.24, 2.45) is 0 Å². The van der Waals surface area contributed by atoms with Crippen LogP contribution in [0.3, 0.4) is 0 Å². The van der Waals surface area contributed by atoms with Crippen LogP contribution < -0.4 is 0 Å². The van der Waals surface area contributed by atoms with Gasteiger partial charge in [0.05, 0.1) is 30.0 Å². The van der Waals surface area contributed by atoms with Crippen molar-refractivity contribution in [3.63, 3.8) is 0 Å². The third-order valence-corrected chi connectivity index (χ3v) is 7.99. The van der Waals surface area contributed by atoms with Crippen molar-refractivity contribution in [2.75, 3.05) is 46.0 Å². The van der Waals surface area contributed by atoms with Crippen LogP contribution >= 0.6 is 23.5 Å². The number of esters is 2. The zero-order valence-corrected chi connectivity index (χ0v) is 18.2. The highest BCUT2D eigenvalue weighted by Crippen LogP contribution is 2.50. The summed E-state index contributed by atoms with van der Waals surface area (Å²) in [4.78, 5) is 23.7. The van der Waals surface area contributed by atoms with Crippen LogP contribution in [0.4, 0.5) is 0 Å². The van der Waals surface area contributed by atoms with E-state index in [0.29, 0.717) is 25.0 Å². The van der Waals surface area contributed by atoms with Crippen molar-refractivity contribution in [3.05, 3.63) is 23.8 Å². The number of ether oxygens (including phenoxy) is 5. The average molecular weight is 433 g/mol. The number of cyclic esters (lactones) is 1. The van der Waals surface area contributed by atoms with Gasteiger partial charge in [-0.3, -0.25) is 0 Å². The fourth-order valence-corrected chi connectivity index (χ4v) is 6.36. The minimum absolute atomic E-state index is 0.00364. The predicted molar refractivity (Wildman–Crippen MR) is 109 cm³/mol. The van der Waals surface area contributed by atoms with E-state index >= 15 is 0 Å². The SMILES string of the molecule is C=C(COC(/C=C1\CCOC1=O)C1(CC(OC)OC)SCCCS1)C(=O)OC. The third kappa shape index (κ3) is 6.00. The van der Waals surface area contributed by atoms with E-state index in [2.05, 4.69) is 6.58 Å². The molecule has 0 amide bonds. The summed E-state index contributed by atoms with van der Waals surface area (Å²) in [6.07, 6.45) is 3.14. The first kappa shape index (κ1) is 23.3. The molecule has 7 nitrogen and oxygen atoms in total. The number of carbonyl (C=O) groups excluding carboxylic acids is 2. The van der Waals surface area contributed by atoms with Gasteiger partial charge in [-0.15, -0.1) is 23.5 Å². The molecule has 2 saturated heterocycles. The summed E-state index contributed by atoms with van der Waals surface area (Å²) in [5, 5.41) is 0. The zero-order chi connectivity index (χ0) is 20.6. The lowest BCUT2D eigenvalue weighted by atomic mass is 10.1. The van der Waals surface area contributed by atoms with E-state index in [-0.39, 0.29) is 18.1 Å². The highest BCUT2D eigenvalue weighted by Gasteiger charge is 2.44. The van der Waals surface area contributed by atoms with Gasteiger partial charge in [0, 0.05) is 32.6 Å². The summed E-state index contributed by atoms with van der Waals surface area (Å²) in [5.74, 6) is 1.07. The van der Waals surface area contributed by atoms with Crippen LogP contribution in [0.25, 0.3) is 0 Å². The number of hydrogen-bond donors (Lipinski definition) is 0. The molecule has 0 N–H and O–H groups in total. The monoisotopic (exact) mass is 432 g/mol. The van der Waals surface area contributed by atoms with Crippen molar-refractivity contribution in [1.29, 1.82) is 0 Å². The van der Waals surface area contributed by atoms with Crippen molar-refractivity contribution in [2.45, 2.75) is 35.7 Å². The summed E-state index contributed by atoms with van der Waals surface area (Å²) in [7, 11) is 4.50. The fraction of sp³-hybridized carbons (Fsp3) is 0.684. The molecule has 0 bridgehead atoms. The molecule has 2 rings (SSSR count). The standard InChI is InChI=1S/C19H28O7S2/c1-13(17(20)24-4)12-26-15(10-14-6-7-25-18(14)21)19(11-16(22-2)23-3)27-8-5-9-28-19/h10,15-16H,1,5-9,11-12H2,2-4H3/b14-10+. The number of carbonyl (C=O) groups is 2. The molecule has 28 heavy (non-hydrogen) atoms. The topological polar surface area (TPSA) is 80.3 Å².